The number of nitrogens with one attached hydrogen (secondary N) is 1. The smallest absolute Gasteiger partial charge is 0.278 e. The zero-order valence-corrected chi connectivity index (χ0v) is 17.5. The lowest BCUT2D eigenvalue weighted by atomic mass is 10.0. The first kappa shape index (κ1) is 21.2. The minimum absolute atomic E-state index is 0.0844. The molecule has 6 nitrogen and oxygen atoms in total. The van der Waals surface area contributed by atoms with Gasteiger partial charge in [-0.05, 0) is 53.9 Å². The molecule has 0 fully saturated rings. The summed E-state index contributed by atoms with van der Waals surface area (Å²) in [7, 11) is 0. The molecule has 0 atom stereocenters. The molecule has 0 unspecified atom stereocenters. The quantitative estimate of drug-likeness (QED) is 0.535. The van der Waals surface area contributed by atoms with Gasteiger partial charge in [-0.15, -0.1) is 0 Å². The predicted molar refractivity (Wildman–Crippen MR) is 119 cm³/mol. The molecular formula is C25H22FN3O3. The van der Waals surface area contributed by atoms with Crippen molar-refractivity contribution in [3.8, 4) is 5.75 Å². The van der Waals surface area contributed by atoms with Crippen molar-refractivity contribution in [3.63, 3.8) is 0 Å². The van der Waals surface area contributed by atoms with Crippen LogP contribution in [0.4, 0.5) is 10.1 Å². The molecule has 2 amide bonds. The molecule has 2 aromatic carbocycles. The lowest BCUT2D eigenvalue weighted by Gasteiger charge is -2.15. The summed E-state index contributed by atoms with van der Waals surface area (Å²) < 4.78 is 19.3. The van der Waals surface area contributed by atoms with E-state index in [0.717, 1.165) is 16.9 Å². The van der Waals surface area contributed by atoms with Crippen molar-refractivity contribution in [2.24, 2.45) is 0 Å². The van der Waals surface area contributed by atoms with Gasteiger partial charge in [0.05, 0.1) is 18.7 Å². The van der Waals surface area contributed by atoms with Crippen LogP contribution in [0.5, 0.6) is 5.75 Å². The van der Waals surface area contributed by atoms with Gasteiger partial charge in [-0.2, -0.15) is 0 Å². The molecule has 3 aromatic rings. The Morgan fingerprint density at radius 3 is 2.53 bits per heavy atom. The number of rotatable bonds is 8. The van der Waals surface area contributed by atoms with E-state index in [2.05, 4.69) is 10.3 Å². The minimum Gasteiger partial charge on any atom is -0.494 e. The van der Waals surface area contributed by atoms with Gasteiger partial charge in [-0.25, -0.2) is 4.39 Å². The molecule has 0 radical (unpaired) electrons. The number of anilines is 1. The number of ether oxygens (including phenoxy) is 1. The normalized spacial score (nSPS) is 13.6. The monoisotopic (exact) mass is 431 g/mol. The Balaban J connectivity index is 1.70. The van der Waals surface area contributed by atoms with Gasteiger partial charge in [-0.3, -0.25) is 19.5 Å². The maximum absolute atomic E-state index is 13.7. The Kier molecular flexibility index (Phi) is 6.26. The summed E-state index contributed by atoms with van der Waals surface area (Å²) in [5.74, 6) is -0.678. The average Bonchev–Trinajstić information content (AvgIpc) is 3.03. The Labute approximate surface area is 185 Å². The van der Waals surface area contributed by atoms with Gasteiger partial charge in [-0.1, -0.05) is 31.2 Å². The van der Waals surface area contributed by atoms with Crippen LogP contribution in [0.1, 0.15) is 24.5 Å². The number of carbonyl (C=O) groups excluding carboxylic acids is 2. The van der Waals surface area contributed by atoms with Crippen LogP contribution in [0.25, 0.3) is 5.57 Å². The van der Waals surface area contributed by atoms with Crippen molar-refractivity contribution >= 4 is 23.1 Å². The van der Waals surface area contributed by atoms with Crippen LogP contribution in [0.3, 0.4) is 0 Å². The van der Waals surface area contributed by atoms with Crippen LogP contribution in [-0.2, 0) is 16.1 Å². The summed E-state index contributed by atoms with van der Waals surface area (Å²) in [5, 5.41) is 2.96. The molecule has 0 saturated carbocycles. The van der Waals surface area contributed by atoms with Crippen molar-refractivity contribution in [1.82, 2.24) is 9.88 Å². The first-order valence-electron chi connectivity index (χ1n) is 10.3. The van der Waals surface area contributed by atoms with Gasteiger partial charge in [0.1, 0.15) is 17.3 Å². The molecule has 1 aromatic heterocycles. The number of aromatic nitrogens is 1. The van der Waals surface area contributed by atoms with Gasteiger partial charge in [0.25, 0.3) is 11.8 Å². The third-order valence-electron chi connectivity index (χ3n) is 4.94. The second kappa shape index (κ2) is 9.43. The summed E-state index contributed by atoms with van der Waals surface area (Å²) >= 11 is 0. The Hall–Kier alpha value is -4.00. The number of nitrogens with zero attached hydrogens (tertiary/aromatic N) is 2. The molecule has 0 aliphatic carbocycles. The zero-order chi connectivity index (χ0) is 22.5. The highest BCUT2D eigenvalue weighted by Crippen LogP contribution is 2.32. The SMILES string of the molecule is CCCOc1ccc(C2=C(Nc3cccc(F)c3)C(=O)N(Cc3cccnc3)C2=O)cc1. The van der Waals surface area contributed by atoms with Crippen LogP contribution < -0.4 is 10.1 Å². The highest BCUT2D eigenvalue weighted by Gasteiger charge is 2.39. The molecule has 1 aliphatic rings. The Morgan fingerprint density at radius 1 is 1.03 bits per heavy atom. The highest BCUT2D eigenvalue weighted by molar-refractivity contribution is 6.36. The van der Waals surface area contributed by atoms with E-state index in [0.29, 0.717) is 23.6 Å². The van der Waals surface area contributed by atoms with Crippen molar-refractivity contribution in [1.29, 1.82) is 0 Å². The van der Waals surface area contributed by atoms with E-state index in [1.54, 1.807) is 54.9 Å². The van der Waals surface area contributed by atoms with Crippen molar-refractivity contribution in [2.75, 3.05) is 11.9 Å². The fraction of sp³-hybridized carbons (Fsp3) is 0.160. The molecule has 2 heterocycles. The van der Waals surface area contributed by atoms with E-state index in [1.807, 2.05) is 6.92 Å². The van der Waals surface area contributed by atoms with Gasteiger partial charge >= 0.3 is 0 Å². The molecule has 4 rings (SSSR count). The van der Waals surface area contributed by atoms with E-state index in [-0.39, 0.29) is 17.8 Å². The van der Waals surface area contributed by atoms with Gasteiger partial charge in [0.2, 0.25) is 0 Å². The predicted octanol–water partition coefficient (Wildman–Crippen LogP) is 4.40. The average molecular weight is 431 g/mol. The van der Waals surface area contributed by atoms with Crippen molar-refractivity contribution in [3.05, 3.63) is 95.7 Å². The van der Waals surface area contributed by atoms with E-state index < -0.39 is 17.6 Å². The van der Waals surface area contributed by atoms with E-state index in [4.69, 9.17) is 4.74 Å². The summed E-state index contributed by atoms with van der Waals surface area (Å²) in [6.07, 6.45) is 4.11. The number of carbonyl (C=O) groups is 2. The third kappa shape index (κ3) is 4.51. The molecule has 0 spiro atoms. The number of benzene rings is 2. The highest BCUT2D eigenvalue weighted by atomic mass is 19.1. The van der Waals surface area contributed by atoms with Crippen LogP contribution in [-0.4, -0.2) is 28.3 Å². The largest absolute Gasteiger partial charge is 0.494 e. The van der Waals surface area contributed by atoms with E-state index in [1.165, 1.54) is 18.2 Å². The second-order valence-corrected chi connectivity index (χ2v) is 7.32. The fourth-order valence-corrected chi connectivity index (χ4v) is 3.43. The number of halogens is 1. The maximum atomic E-state index is 13.7. The Morgan fingerprint density at radius 2 is 1.84 bits per heavy atom. The topological polar surface area (TPSA) is 71.5 Å². The standard InChI is InChI=1S/C25H22FN3O3/c1-2-13-32-21-10-8-18(9-11-21)22-23(28-20-7-3-6-19(26)14-20)25(31)29(24(22)30)16-17-5-4-12-27-15-17/h3-12,14-15,28H,2,13,16H2,1H3. The molecule has 1 N–H and O–H groups in total. The number of pyridine rings is 1. The molecule has 162 valence electrons. The third-order valence-corrected chi connectivity index (χ3v) is 4.94. The van der Waals surface area contributed by atoms with Crippen LogP contribution in [0.15, 0.2) is 78.8 Å². The first-order chi connectivity index (χ1) is 15.6. The summed E-state index contributed by atoms with van der Waals surface area (Å²) in [5.41, 5.74) is 2.00. The number of hydrogen-bond donors (Lipinski definition) is 1. The molecule has 0 bridgehead atoms. The number of amides is 2. The number of hydrogen-bond acceptors (Lipinski definition) is 5. The molecule has 7 heteroatoms. The number of imide groups is 1. The molecule has 32 heavy (non-hydrogen) atoms. The zero-order valence-electron chi connectivity index (χ0n) is 17.5. The van der Waals surface area contributed by atoms with Crippen LogP contribution >= 0.6 is 0 Å². The molecule has 1 aliphatic heterocycles. The van der Waals surface area contributed by atoms with Gasteiger partial charge in [0.15, 0.2) is 0 Å². The molecular weight excluding hydrogens is 409 g/mol. The van der Waals surface area contributed by atoms with Crippen molar-refractivity contribution < 1.29 is 18.7 Å². The van der Waals surface area contributed by atoms with Gasteiger partial charge < -0.3 is 10.1 Å². The maximum Gasteiger partial charge on any atom is 0.278 e. The van der Waals surface area contributed by atoms with Crippen LogP contribution in [0.2, 0.25) is 0 Å². The first-order valence-corrected chi connectivity index (χ1v) is 10.3. The molecule has 0 saturated heterocycles. The van der Waals surface area contributed by atoms with Crippen molar-refractivity contribution in [2.45, 2.75) is 19.9 Å². The van der Waals surface area contributed by atoms with E-state index >= 15 is 0 Å². The van der Waals surface area contributed by atoms with Crippen LogP contribution in [0, 0.1) is 5.82 Å². The lowest BCUT2D eigenvalue weighted by molar-refractivity contribution is -0.137. The summed E-state index contributed by atoms with van der Waals surface area (Å²) in [6, 6.07) is 16.3. The second-order valence-electron chi connectivity index (χ2n) is 7.32. The summed E-state index contributed by atoms with van der Waals surface area (Å²) in [4.78, 5) is 31.8. The van der Waals surface area contributed by atoms with E-state index in [9.17, 15) is 14.0 Å². The summed E-state index contributed by atoms with van der Waals surface area (Å²) in [6.45, 7) is 2.69. The lowest BCUT2D eigenvalue weighted by Crippen LogP contribution is -2.32. The Bertz CT molecular complexity index is 1160. The minimum atomic E-state index is -0.482. The fourth-order valence-electron chi connectivity index (χ4n) is 3.43. The van der Waals surface area contributed by atoms with Gasteiger partial charge in [0, 0.05) is 18.1 Å².